The van der Waals surface area contributed by atoms with Crippen LogP contribution in [0.4, 0.5) is 5.69 Å². The minimum atomic E-state index is 1.03. The van der Waals surface area contributed by atoms with Crippen molar-refractivity contribution < 1.29 is 0 Å². The summed E-state index contributed by atoms with van der Waals surface area (Å²) in [6, 6.07) is 20.3. The van der Waals surface area contributed by atoms with E-state index in [1.54, 1.807) is 0 Å². The maximum Gasteiger partial charge on any atom is 0.0448 e. The molecule has 0 aromatic heterocycles. The van der Waals surface area contributed by atoms with Crippen molar-refractivity contribution in [2.45, 2.75) is 27.7 Å². The van der Waals surface area contributed by atoms with Gasteiger partial charge in [-0.2, -0.15) is 0 Å². The van der Waals surface area contributed by atoms with E-state index in [-0.39, 0.29) is 0 Å². The number of nitrogens with zero attached hydrogens (tertiary/aromatic N) is 1. The minimum Gasteiger partial charge on any atom is -0.372 e. The molecule has 25 heavy (non-hydrogen) atoms. The van der Waals surface area contributed by atoms with Gasteiger partial charge in [0.25, 0.3) is 0 Å². The molecule has 0 unspecified atom stereocenters. The van der Waals surface area contributed by atoms with E-state index in [1.807, 2.05) is 0 Å². The third-order valence-electron chi connectivity index (χ3n) is 5.59. The first-order valence-corrected chi connectivity index (χ1v) is 9.24. The minimum absolute atomic E-state index is 1.03. The fraction of sp³-hybridized carbons (Fsp3) is 0.250. The van der Waals surface area contributed by atoms with Crippen molar-refractivity contribution >= 4 is 38.0 Å². The first-order valence-electron chi connectivity index (χ1n) is 9.24. The predicted molar refractivity (Wildman–Crippen MR) is 112 cm³/mol. The van der Waals surface area contributed by atoms with E-state index in [0.717, 1.165) is 13.1 Å². The Labute approximate surface area is 149 Å². The van der Waals surface area contributed by atoms with Crippen LogP contribution in [0, 0.1) is 13.8 Å². The molecule has 126 valence electrons. The molecule has 4 rings (SSSR count). The molecule has 0 saturated carbocycles. The molecule has 1 nitrogen and oxygen atoms in total. The van der Waals surface area contributed by atoms with Crippen LogP contribution in [0.2, 0.25) is 0 Å². The Balaban J connectivity index is 2.17. The van der Waals surface area contributed by atoms with Gasteiger partial charge in [-0.25, -0.2) is 0 Å². The third-order valence-corrected chi connectivity index (χ3v) is 5.59. The lowest BCUT2D eigenvalue weighted by Gasteiger charge is -2.25. The van der Waals surface area contributed by atoms with Crippen LogP contribution < -0.4 is 4.90 Å². The number of rotatable bonds is 3. The number of hydrogen-bond donors (Lipinski definition) is 0. The fourth-order valence-corrected chi connectivity index (χ4v) is 4.05. The van der Waals surface area contributed by atoms with Gasteiger partial charge < -0.3 is 4.90 Å². The van der Waals surface area contributed by atoms with Crippen molar-refractivity contribution in [1.82, 2.24) is 0 Å². The first kappa shape index (κ1) is 16.0. The molecule has 0 saturated heterocycles. The van der Waals surface area contributed by atoms with Gasteiger partial charge in [0.15, 0.2) is 0 Å². The average Bonchev–Trinajstić information content (AvgIpc) is 2.64. The summed E-state index contributed by atoms with van der Waals surface area (Å²) >= 11 is 0. The second-order valence-corrected chi connectivity index (χ2v) is 6.92. The highest BCUT2D eigenvalue weighted by molar-refractivity contribution is 6.16. The molecule has 0 aliphatic carbocycles. The largest absolute Gasteiger partial charge is 0.372 e. The average molecular weight is 327 g/mol. The molecular formula is C24H25N. The van der Waals surface area contributed by atoms with Gasteiger partial charge in [0, 0.05) is 24.2 Å². The van der Waals surface area contributed by atoms with Crippen molar-refractivity contribution in [3.05, 3.63) is 65.7 Å². The van der Waals surface area contributed by atoms with E-state index >= 15 is 0 Å². The van der Waals surface area contributed by atoms with Gasteiger partial charge in [-0.3, -0.25) is 0 Å². The number of hydrogen-bond acceptors (Lipinski definition) is 1. The smallest absolute Gasteiger partial charge is 0.0448 e. The standard InChI is InChI=1S/C24H25N/c1-5-25(6-2)23-13-16(3)17(4)24-21(23)12-11-20-14-18-9-7-8-10-19(18)15-22(20)24/h7-15H,5-6H2,1-4H3. The van der Waals surface area contributed by atoms with E-state index in [2.05, 4.69) is 87.2 Å². The zero-order chi connectivity index (χ0) is 17.6. The molecule has 0 heterocycles. The Morgan fingerprint density at radius 2 is 1.40 bits per heavy atom. The summed E-state index contributed by atoms with van der Waals surface area (Å²) < 4.78 is 0. The Hall–Kier alpha value is -2.54. The van der Waals surface area contributed by atoms with E-state index in [0.29, 0.717) is 0 Å². The Morgan fingerprint density at radius 1 is 0.720 bits per heavy atom. The molecule has 4 aromatic carbocycles. The topological polar surface area (TPSA) is 3.24 Å². The van der Waals surface area contributed by atoms with Crippen LogP contribution >= 0.6 is 0 Å². The van der Waals surface area contributed by atoms with Gasteiger partial charge in [-0.15, -0.1) is 0 Å². The molecule has 0 atom stereocenters. The highest BCUT2D eigenvalue weighted by Gasteiger charge is 2.14. The quantitative estimate of drug-likeness (QED) is 0.302. The third kappa shape index (κ3) is 2.46. The molecule has 0 spiro atoms. The summed E-state index contributed by atoms with van der Waals surface area (Å²) in [7, 11) is 0. The highest BCUT2D eigenvalue weighted by Crippen LogP contribution is 2.37. The summed E-state index contributed by atoms with van der Waals surface area (Å²) in [5.41, 5.74) is 4.13. The molecule has 0 aliphatic heterocycles. The monoisotopic (exact) mass is 327 g/mol. The van der Waals surface area contributed by atoms with Crippen LogP contribution in [0.5, 0.6) is 0 Å². The van der Waals surface area contributed by atoms with Gasteiger partial charge >= 0.3 is 0 Å². The summed E-state index contributed by atoms with van der Waals surface area (Å²) in [6.07, 6.45) is 0. The fourth-order valence-electron chi connectivity index (χ4n) is 4.05. The van der Waals surface area contributed by atoms with Crippen LogP contribution in [-0.4, -0.2) is 13.1 Å². The van der Waals surface area contributed by atoms with Gasteiger partial charge in [-0.1, -0.05) is 36.4 Å². The zero-order valence-electron chi connectivity index (χ0n) is 15.6. The second kappa shape index (κ2) is 6.07. The van der Waals surface area contributed by atoms with E-state index in [9.17, 15) is 0 Å². The van der Waals surface area contributed by atoms with Crippen LogP contribution in [0.3, 0.4) is 0 Å². The summed E-state index contributed by atoms with van der Waals surface area (Å²) in [4.78, 5) is 2.46. The Morgan fingerprint density at radius 3 is 2.08 bits per heavy atom. The molecule has 0 radical (unpaired) electrons. The lowest BCUT2D eigenvalue weighted by atomic mass is 9.92. The maximum atomic E-state index is 2.46. The number of aryl methyl sites for hydroxylation is 2. The SMILES string of the molecule is CCN(CC)c1cc(C)c(C)c2c1ccc1cc3ccccc3cc12. The molecule has 0 aliphatic rings. The van der Waals surface area contributed by atoms with Crippen LogP contribution in [0.25, 0.3) is 32.3 Å². The zero-order valence-corrected chi connectivity index (χ0v) is 15.6. The molecule has 0 fully saturated rings. The molecule has 4 aromatic rings. The molecule has 0 bridgehead atoms. The lowest BCUT2D eigenvalue weighted by Crippen LogP contribution is -2.22. The predicted octanol–water partition coefficient (Wildman–Crippen LogP) is 6.61. The van der Waals surface area contributed by atoms with Crippen molar-refractivity contribution in [1.29, 1.82) is 0 Å². The van der Waals surface area contributed by atoms with E-state index in [4.69, 9.17) is 0 Å². The summed E-state index contributed by atoms with van der Waals surface area (Å²) in [5, 5.41) is 8.09. The normalized spacial score (nSPS) is 11.5. The van der Waals surface area contributed by atoms with Crippen molar-refractivity contribution in [3.8, 4) is 0 Å². The molecule has 1 heteroatoms. The highest BCUT2D eigenvalue weighted by atomic mass is 15.1. The molecular weight excluding hydrogens is 302 g/mol. The first-order chi connectivity index (χ1) is 12.1. The van der Waals surface area contributed by atoms with Crippen LogP contribution in [0.15, 0.2) is 54.6 Å². The van der Waals surface area contributed by atoms with Gasteiger partial charge in [-0.05, 0) is 84.0 Å². The van der Waals surface area contributed by atoms with Crippen molar-refractivity contribution in [3.63, 3.8) is 0 Å². The van der Waals surface area contributed by atoms with Crippen LogP contribution in [-0.2, 0) is 0 Å². The Bertz CT molecular complexity index is 1090. The van der Waals surface area contributed by atoms with Crippen molar-refractivity contribution in [2.75, 3.05) is 18.0 Å². The second-order valence-electron chi connectivity index (χ2n) is 6.92. The molecule has 0 amide bonds. The lowest BCUT2D eigenvalue weighted by molar-refractivity contribution is 0.870. The van der Waals surface area contributed by atoms with E-state index < -0.39 is 0 Å². The van der Waals surface area contributed by atoms with Gasteiger partial charge in [0.05, 0.1) is 0 Å². The summed E-state index contributed by atoms with van der Waals surface area (Å²) in [6.45, 7) is 11.0. The maximum absolute atomic E-state index is 2.46. The Kier molecular flexibility index (Phi) is 3.88. The summed E-state index contributed by atoms with van der Waals surface area (Å²) in [5.74, 6) is 0. The number of benzene rings is 4. The number of anilines is 1. The van der Waals surface area contributed by atoms with Gasteiger partial charge in [0.2, 0.25) is 0 Å². The van der Waals surface area contributed by atoms with Crippen molar-refractivity contribution in [2.24, 2.45) is 0 Å². The molecule has 0 N–H and O–H groups in total. The number of fused-ring (bicyclic) bond motifs is 4. The van der Waals surface area contributed by atoms with Gasteiger partial charge in [0.1, 0.15) is 0 Å². The van der Waals surface area contributed by atoms with Crippen LogP contribution in [0.1, 0.15) is 25.0 Å². The van der Waals surface area contributed by atoms with E-state index in [1.165, 1.54) is 49.1 Å².